The maximum atomic E-state index is 12.9. The first-order chi connectivity index (χ1) is 9.15. The molecule has 19 heavy (non-hydrogen) atoms. The number of aliphatic hydroxyl groups is 1. The van der Waals surface area contributed by atoms with Crippen LogP contribution in [0.5, 0.6) is 0 Å². The van der Waals surface area contributed by atoms with Gasteiger partial charge in [0, 0.05) is 24.1 Å². The zero-order valence-corrected chi connectivity index (χ0v) is 12.5. The summed E-state index contributed by atoms with van der Waals surface area (Å²) in [5.41, 5.74) is 0.995. The smallest absolute Gasteiger partial charge is 0.124 e. The molecule has 0 radical (unpaired) electrons. The van der Waals surface area contributed by atoms with Crippen LogP contribution in [0.3, 0.4) is 0 Å². The van der Waals surface area contributed by atoms with Gasteiger partial charge in [-0.15, -0.1) is 0 Å². The molecule has 3 nitrogen and oxygen atoms in total. The third kappa shape index (κ3) is 4.84. The molecule has 0 bridgehead atoms. The Hall–Kier alpha value is -0.490. The third-order valence-electron chi connectivity index (χ3n) is 3.38. The molecule has 0 amide bonds. The summed E-state index contributed by atoms with van der Waals surface area (Å²) in [7, 11) is 0. The van der Waals surface area contributed by atoms with Crippen LogP contribution in [0.4, 0.5) is 4.39 Å². The lowest BCUT2D eigenvalue weighted by atomic mass is 10.2. The number of β-amino-alcohol motifs (C(OH)–C–C–N with tert-alkyl or cyclic N) is 1. The summed E-state index contributed by atoms with van der Waals surface area (Å²) in [6.07, 6.45) is 2.13. The highest BCUT2D eigenvalue weighted by Crippen LogP contribution is 2.17. The van der Waals surface area contributed by atoms with Gasteiger partial charge >= 0.3 is 0 Å². The highest BCUT2D eigenvalue weighted by atomic mass is 79.9. The SMILES string of the molecule is OC(CNCc1ccc(F)cc1Br)CN1CCCC1. The fourth-order valence-corrected chi connectivity index (χ4v) is 2.86. The molecule has 0 aliphatic carbocycles. The largest absolute Gasteiger partial charge is 0.390 e. The first kappa shape index (κ1) is 14.9. The average molecular weight is 331 g/mol. The summed E-state index contributed by atoms with van der Waals surface area (Å²) < 4.78 is 13.7. The van der Waals surface area contributed by atoms with Crippen molar-refractivity contribution >= 4 is 15.9 Å². The van der Waals surface area contributed by atoms with Gasteiger partial charge in [0.2, 0.25) is 0 Å². The zero-order valence-electron chi connectivity index (χ0n) is 10.9. The minimum Gasteiger partial charge on any atom is -0.390 e. The summed E-state index contributed by atoms with van der Waals surface area (Å²) in [6.45, 7) is 4.11. The number of aliphatic hydroxyl groups excluding tert-OH is 1. The van der Waals surface area contributed by atoms with E-state index >= 15 is 0 Å². The fourth-order valence-electron chi connectivity index (χ4n) is 2.37. The van der Waals surface area contributed by atoms with Crippen LogP contribution in [-0.4, -0.2) is 42.3 Å². The van der Waals surface area contributed by atoms with Gasteiger partial charge in [0.1, 0.15) is 5.82 Å². The summed E-state index contributed by atoms with van der Waals surface area (Å²) in [5.74, 6) is -0.246. The van der Waals surface area contributed by atoms with Crippen molar-refractivity contribution in [3.63, 3.8) is 0 Å². The second-order valence-corrected chi connectivity index (χ2v) is 5.88. The Bertz CT molecular complexity index is 410. The molecule has 1 aromatic carbocycles. The van der Waals surface area contributed by atoms with Gasteiger partial charge in [0.25, 0.3) is 0 Å². The third-order valence-corrected chi connectivity index (χ3v) is 4.12. The van der Waals surface area contributed by atoms with Crippen molar-refractivity contribution in [2.24, 2.45) is 0 Å². The Morgan fingerprint density at radius 2 is 2.11 bits per heavy atom. The van der Waals surface area contributed by atoms with E-state index in [2.05, 4.69) is 26.1 Å². The number of nitrogens with one attached hydrogen (secondary N) is 1. The zero-order chi connectivity index (χ0) is 13.7. The van der Waals surface area contributed by atoms with Gasteiger partial charge in [-0.2, -0.15) is 0 Å². The Balaban J connectivity index is 1.70. The lowest BCUT2D eigenvalue weighted by Crippen LogP contribution is -2.36. The topological polar surface area (TPSA) is 35.5 Å². The van der Waals surface area contributed by atoms with Gasteiger partial charge in [-0.05, 0) is 43.6 Å². The van der Waals surface area contributed by atoms with Crippen LogP contribution in [0.1, 0.15) is 18.4 Å². The molecule has 1 aliphatic rings. The molecule has 1 unspecified atom stereocenters. The number of hydrogen-bond acceptors (Lipinski definition) is 3. The van der Waals surface area contributed by atoms with Gasteiger partial charge in [0.05, 0.1) is 6.10 Å². The fraction of sp³-hybridized carbons (Fsp3) is 0.571. The summed E-state index contributed by atoms with van der Waals surface area (Å²) in [4.78, 5) is 2.29. The van der Waals surface area contributed by atoms with Crippen LogP contribution in [0.2, 0.25) is 0 Å². The number of benzene rings is 1. The monoisotopic (exact) mass is 330 g/mol. The molecule has 0 aromatic heterocycles. The van der Waals surface area contributed by atoms with Crippen LogP contribution >= 0.6 is 15.9 Å². The van der Waals surface area contributed by atoms with E-state index < -0.39 is 0 Å². The molecule has 1 saturated heterocycles. The first-order valence-corrected chi connectivity index (χ1v) is 7.49. The Morgan fingerprint density at radius 3 is 2.79 bits per heavy atom. The van der Waals surface area contributed by atoms with E-state index in [1.807, 2.05) is 0 Å². The quantitative estimate of drug-likeness (QED) is 0.838. The first-order valence-electron chi connectivity index (χ1n) is 6.70. The van der Waals surface area contributed by atoms with Gasteiger partial charge in [0.15, 0.2) is 0 Å². The van der Waals surface area contributed by atoms with E-state index in [0.29, 0.717) is 13.1 Å². The van der Waals surface area contributed by atoms with Crippen LogP contribution < -0.4 is 5.32 Å². The van der Waals surface area contributed by atoms with E-state index in [0.717, 1.165) is 29.7 Å². The van der Waals surface area contributed by atoms with Crippen molar-refractivity contribution in [3.05, 3.63) is 34.1 Å². The van der Waals surface area contributed by atoms with E-state index in [1.54, 1.807) is 6.07 Å². The molecule has 1 heterocycles. The summed E-state index contributed by atoms with van der Waals surface area (Å²) >= 11 is 3.33. The van der Waals surface area contributed by atoms with Crippen molar-refractivity contribution in [1.82, 2.24) is 10.2 Å². The van der Waals surface area contributed by atoms with Crippen LogP contribution in [0.15, 0.2) is 22.7 Å². The molecule has 1 atom stereocenters. The van der Waals surface area contributed by atoms with Gasteiger partial charge < -0.3 is 15.3 Å². The molecule has 5 heteroatoms. The molecule has 0 spiro atoms. The maximum absolute atomic E-state index is 12.9. The van der Waals surface area contributed by atoms with Gasteiger partial charge in [-0.1, -0.05) is 22.0 Å². The molecule has 2 rings (SSSR count). The molecular weight excluding hydrogens is 311 g/mol. The van der Waals surface area contributed by atoms with Crippen LogP contribution in [-0.2, 0) is 6.54 Å². The normalized spacial score (nSPS) is 17.8. The minimum absolute atomic E-state index is 0.246. The van der Waals surface area contributed by atoms with Crippen molar-refractivity contribution in [3.8, 4) is 0 Å². The lowest BCUT2D eigenvalue weighted by Gasteiger charge is -2.19. The lowest BCUT2D eigenvalue weighted by molar-refractivity contribution is 0.123. The summed E-state index contributed by atoms with van der Waals surface area (Å²) in [5, 5.41) is 13.1. The highest BCUT2D eigenvalue weighted by Gasteiger charge is 2.15. The van der Waals surface area contributed by atoms with Crippen molar-refractivity contribution < 1.29 is 9.50 Å². The highest BCUT2D eigenvalue weighted by molar-refractivity contribution is 9.10. The molecule has 106 valence electrons. The standard InChI is InChI=1S/C14H20BrFN2O/c15-14-7-12(16)4-3-11(14)8-17-9-13(19)10-18-5-1-2-6-18/h3-4,7,13,17,19H,1-2,5-6,8-10H2. The molecule has 1 aliphatic heterocycles. The molecule has 1 aromatic rings. The van der Waals surface area contributed by atoms with Crippen molar-refractivity contribution in [2.45, 2.75) is 25.5 Å². The number of rotatable bonds is 6. The van der Waals surface area contributed by atoms with Crippen LogP contribution in [0.25, 0.3) is 0 Å². The van der Waals surface area contributed by atoms with Crippen molar-refractivity contribution in [1.29, 1.82) is 0 Å². The van der Waals surface area contributed by atoms with E-state index in [-0.39, 0.29) is 11.9 Å². The molecular formula is C14H20BrFN2O. The number of hydrogen-bond donors (Lipinski definition) is 2. The van der Waals surface area contributed by atoms with E-state index in [1.165, 1.54) is 25.0 Å². The van der Waals surface area contributed by atoms with E-state index in [9.17, 15) is 9.50 Å². The molecule has 2 N–H and O–H groups in total. The van der Waals surface area contributed by atoms with E-state index in [4.69, 9.17) is 0 Å². The maximum Gasteiger partial charge on any atom is 0.124 e. The predicted octanol–water partition coefficient (Wildman–Crippen LogP) is 2.13. The van der Waals surface area contributed by atoms with Gasteiger partial charge in [-0.3, -0.25) is 0 Å². The number of likely N-dealkylation sites (tertiary alicyclic amines) is 1. The Morgan fingerprint density at radius 1 is 1.37 bits per heavy atom. The van der Waals surface area contributed by atoms with Crippen LogP contribution in [0, 0.1) is 5.82 Å². The summed E-state index contributed by atoms with van der Waals surface area (Å²) in [6, 6.07) is 4.65. The average Bonchev–Trinajstić information content (AvgIpc) is 2.84. The molecule has 0 saturated carbocycles. The second-order valence-electron chi connectivity index (χ2n) is 5.03. The minimum atomic E-state index is -0.350. The Kier molecular flexibility index (Phi) is 5.76. The Labute approximate surface area is 121 Å². The second kappa shape index (κ2) is 7.33. The predicted molar refractivity (Wildman–Crippen MR) is 77.5 cm³/mol. The van der Waals surface area contributed by atoms with Gasteiger partial charge in [-0.25, -0.2) is 4.39 Å². The number of halogens is 2. The van der Waals surface area contributed by atoms with Crippen molar-refractivity contribution in [2.75, 3.05) is 26.2 Å². The molecule has 1 fully saturated rings. The number of nitrogens with zero attached hydrogens (tertiary/aromatic N) is 1.